The predicted molar refractivity (Wildman–Crippen MR) is 82.1 cm³/mol. The normalized spacial score (nSPS) is 31.0. The van der Waals surface area contributed by atoms with Crippen LogP contribution >= 0.6 is 0 Å². The number of rotatable bonds is 3. The van der Waals surface area contributed by atoms with Crippen molar-refractivity contribution in [2.45, 2.75) is 38.3 Å². The second-order valence-electron chi connectivity index (χ2n) is 6.02. The molecule has 0 aromatic heterocycles. The molecule has 0 saturated carbocycles. The topological polar surface area (TPSA) is 24.5 Å². The van der Waals surface area contributed by atoms with Crippen molar-refractivity contribution < 1.29 is 4.74 Å². The van der Waals surface area contributed by atoms with Crippen LogP contribution in [-0.4, -0.2) is 43.8 Å². The van der Waals surface area contributed by atoms with Crippen molar-refractivity contribution in [3.63, 3.8) is 0 Å². The number of hydrogen-bond donors (Lipinski definition) is 1. The number of likely N-dealkylation sites (N-methyl/N-ethyl adjacent to an activating group) is 1. The van der Waals surface area contributed by atoms with E-state index < -0.39 is 0 Å². The SMILES string of the molecule is CCNC1c2ccccc2C(C)CC1N1CCOCC1. The Balaban J connectivity index is 1.90. The fourth-order valence-corrected chi connectivity index (χ4v) is 3.81. The Morgan fingerprint density at radius 1 is 1.20 bits per heavy atom. The average Bonchev–Trinajstić information content (AvgIpc) is 2.51. The first kappa shape index (κ1) is 14.1. The van der Waals surface area contributed by atoms with E-state index in [2.05, 4.69) is 48.3 Å². The zero-order chi connectivity index (χ0) is 13.9. The molecule has 0 amide bonds. The molecule has 20 heavy (non-hydrogen) atoms. The molecular weight excluding hydrogens is 248 g/mol. The van der Waals surface area contributed by atoms with Crippen LogP contribution in [0.2, 0.25) is 0 Å². The summed E-state index contributed by atoms with van der Waals surface area (Å²) < 4.78 is 5.52. The van der Waals surface area contributed by atoms with Gasteiger partial charge in [0.2, 0.25) is 0 Å². The van der Waals surface area contributed by atoms with Crippen LogP contribution in [0.4, 0.5) is 0 Å². The van der Waals surface area contributed by atoms with Gasteiger partial charge in [-0.25, -0.2) is 0 Å². The molecule has 3 heteroatoms. The molecular formula is C17H26N2O. The van der Waals surface area contributed by atoms with Gasteiger partial charge in [-0.15, -0.1) is 0 Å². The predicted octanol–water partition coefficient (Wildman–Crippen LogP) is 2.55. The molecule has 0 spiro atoms. The Hall–Kier alpha value is -0.900. The minimum absolute atomic E-state index is 0.463. The largest absolute Gasteiger partial charge is 0.379 e. The van der Waals surface area contributed by atoms with Gasteiger partial charge >= 0.3 is 0 Å². The molecule has 1 aromatic rings. The van der Waals surface area contributed by atoms with Gasteiger partial charge in [0, 0.05) is 25.2 Å². The molecule has 1 saturated heterocycles. The highest BCUT2D eigenvalue weighted by Crippen LogP contribution is 2.39. The van der Waals surface area contributed by atoms with Crippen LogP contribution in [-0.2, 0) is 4.74 Å². The maximum atomic E-state index is 5.52. The van der Waals surface area contributed by atoms with Crippen LogP contribution in [0, 0.1) is 0 Å². The quantitative estimate of drug-likeness (QED) is 0.917. The lowest BCUT2D eigenvalue weighted by Crippen LogP contribution is -2.51. The second-order valence-corrected chi connectivity index (χ2v) is 6.02. The van der Waals surface area contributed by atoms with Crippen LogP contribution in [0.15, 0.2) is 24.3 Å². The van der Waals surface area contributed by atoms with Crippen LogP contribution in [0.25, 0.3) is 0 Å². The number of hydrogen-bond acceptors (Lipinski definition) is 3. The minimum Gasteiger partial charge on any atom is -0.379 e. The van der Waals surface area contributed by atoms with E-state index in [9.17, 15) is 0 Å². The van der Waals surface area contributed by atoms with E-state index in [4.69, 9.17) is 4.74 Å². The van der Waals surface area contributed by atoms with E-state index in [1.807, 2.05) is 0 Å². The summed E-state index contributed by atoms with van der Waals surface area (Å²) in [4.78, 5) is 2.63. The summed E-state index contributed by atoms with van der Waals surface area (Å²) in [5, 5.41) is 3.73. The molecule has 3 atom stereocenters. The van der Waals surface area contributed by atoms with E-state index in [0.29, 0.717) is 18.0 Å². The van der Waals surface area contributed by atoms with Crippen molar-refractivity contribution in [2.24, 2.45) is 0 Å². The lowest BCUT2D eigenvalue weighted by atomic mass is 9.77. The Morgan fingerprint density at radius 3 is 2.60 bits per heavy atom. The second kappa shape index (κ2) is 6.25. The number of ether oxygens (including phenoxy) is 1. The van der Waals surface area contributed by atoms with Gasteiger partial charge < -0.3 is 10.1 Å². The summed E-state index contributed by atoms with van der Waals surface area (Å²) in [6.07, 6.45) is 1.24. The van der Waals surface area contributed by atoms with E-state index >= 15 is 0 Å². The van der Waals surface area contributed by atoms with Gasteiger partial charge in [-0.1, -0.05) is 38.1 Å². The van der Waals surface area contributed by atoms with Gasteiger partial charge in [0.15, 0.2) is 0 Å². The zero-order valence-electron chi connectivity index (χ0n) is 12.6. The van der Waals surface area contributed by atoms with Crippen molar-refractivity contribution >= 4 is 0 Å². The van der Waals surface area contributed by atoms with Gasteiger partial charge in [-0.05, 0) is 30.0 Å². The monoisotopic (exact) mass is 274 g/mol. The first-order valence-corrected chi connectivity index (χ1v) is 7.95. The van der Waals surface area contributed by atoms with Gasteiger partial charge in [0.1, 0.15) is 0 Å². The number of nitrogens with zero attached hydrogens (tertiary/aromatic N) is 1. The number of morpholine rings is 1. The number of fused-ring (bicyclic) bond motifs is 1. The van der Waals surface area contributed by atoms with Gasteiger partial charge in [-0.3, -0.25) is 4.90 Å². The standard InChI is InChI=1S/C17H26N2O/c1-3-18-17-15-7-5-4-6-14(15)13(2)12-16(17)19-8-10-20-11-9-19/h4-7,13,16-18H,3,8-12H2,1-2H3. The average molecular weight is 274 g/mol. The van der Waals surface area contributed by atoms with E-state index in [1.54, 1.807) is 0 Å². The number of nitrogens with one attached hydrogen (secondary N) is 1. The summed E-state index contributed by atoms with van der Waals surface area (Å²) >= 11 is 0. The fourth-order valence-electron chi connectivity index (χ4n) is 3.81. The van der Waals surface area contributed by atoms with Gasteiger partial charge in [0.25, 0.3) is 0 Å². The molecule has 0 radical (unpaired) electrons. The highest BCUT2D eigenvalue weighted by atomic mass is 16.5. The maximum Gasteiger partial charge on any atom is 0.0594 e. The van der Waals surface area contributed by atoms with E-state index in [1.165, 1.54) is 17.5 Å². The van der Waals surface area contributed by atoms with Crippen molar-refractivity contribution in [1.29, 1.82) is 0 Å². The third-order valence-electron chi connectivity index (χ3n) is 4.78. The molecule has 0 bridgehead atoms. The van der Waals surface area contributed by atoms with Crippen molar-refractivity contribution in [1.82, 2.24) is 10.2 Å². The van der Waals surface area contributed by atoms with Crippen LogP contribution in [0.5, 0.6) is 0 Å². The van der Waals surface area contributed by atoms with Gasteiger partial charge in [-0.2, -0.15) is 0 Å². The van der Waals surface area contributed by atoms with E-state index in [-0.39, 0.29) is 0 Å². The highest BCUT2D eigenvalue weighted by Gasteiger charge is 2.36. The summed E-state index contributed by atoms with van der Waals surface area (Å²) in [7, 11) is 0. The van der Waals surface area contributed by atoms with Crippen LogP contribution in [0.1, 0.15) is 43.4 Å². The smallest absolute Gasteiger partial charge is 0.0594 e. The Morgan fingerprint density at radius 2 is 1.90 bits per heavy atom. The summed E-state index contributed by atoms with van der Waals surface area (Å²) in [6, 6.07) is 10.0. The Labute approximate surface area is 122 Å². The van der Waals surface area contributed by atoms with Crippen molar-refractivity contribution in [3.8, 4) is 0 Å². The van der Waals surface area contributed by atoms with Crippen molar-refractivity contribution in [3.05, 3.63) is 35.4 Å². The summed E-state index contributed by atoms with van der Waals surface area (Å²) in [5.74, 6) is 0.647. The van der Waals surface area contributed by atoms with Crippen molar-refractivity contribution in [2.75, 3.05) is 32.8 Å². The Bertz CT molecular complexity index is 442. The third kappa shape index (κ3) is 2.62. The third-order valence-corrected chi connectivity index (χ3v) is 4.78. The molecule has 3 nitrogen and oxygen atoms in total. The summed E-state index contributed by atoms with van der Waals surface area (Å²) in [6.45, 7) is 9.50. The zero-order valence-corrected chi connectivity index (χ0v) is 12.6. The molecule has 1 fully saturated rings. The lowest BCUT2D eigenvalue weighted by Gasteiger charge is -2.44. The first-order valence-electron chi connectivity index (χ1n) is 7.95. The number of benzene rings is 1. The molecule has 1 N–H and O–H groups in total. The molecule has 3 unspecified atom stereocenters. The minimum atomic E-state index is 0.463. The molecule has 3 rings (SSSR count). The van der Waals surface area contributed by atoms with Crippen LogP contribution in [0.3, 0.4) is 0 Å². The molecule has 1 aliphatic carbocycles. The summed E-state index contributed by atoms with van der Waals surface area (Å²) in [5.41, 5.74) is 3.03. The highest BCUT2D eigenvalue weighted by molar-refractivity contribution is 5.36. The van der Waals surface area contributed by atoms with Crippen LogP contribution < -0.4 is 5.32 Å². The first-order chi connectivity index (χ1) is 9.81. The maximum absolute atomic E-state index is 5.52. The van der Waals surface area contributed by atoms with E-state index in [0.717, 1.165) is 32.8 Å². The molecule has 2 aliphatic rings. The molecule has 1 aromatic carbocycles. The molecule has 1 aliphatic heterocycles. The lowest BCUT2D eigenvalue weighted by molar-refractivity contribution is 0.00209. The van der Waals surface area contributed by atoms with Gasteiger partial charge in [0.05, 0.1) is 13.2 Å². The molecule has 1 heterocycles. The fraction of sp³-hybridized carbons (Fsp3) is 0.647. The molecule has 110 valence electrons. The Kier molecular flexibility index (Phi) is 4.39.